The number of hydrogen-bond donors (Lipinski definition) is 1. The maximum absolute atomic E-state index is 12.1. The van der Waals surface area contributed by atoms with Gasteiger partial charge in [-0.3, -0.25) is 4.79 Å². The summed E-state index contributed by atoms with van der Waals surface area (Å²) < 4.78 is 5.10. The molecule has 0 heterocycles. The number of Topliss-reactive ketones (excluding diaryl/α,β-unsaturated/α-hetero) is 1. The summed E-state index contributed by atoms with van der Waals surface area (Å²) in [6.45, 7) is 4.38. The topological polar surface area (TPSA) is 52.3 Å². The van der Waals surface area contributed by atoms with Crippen LogP contribution in [0.5, 0.6) is 5.75 Å². The number of ether oxygens (including phenoxy) is 1. The second-order valence-electron chi connectivity index (χ2n) is 4.89. The smallest absolute Gasteiger partial charge is 0.140 e. The van der Waals surface area contributed by atoms with Crippen LogP contribution in [-0.4, -0.2) is 19.4 Å². The lowest BCUT2D eigenvalue weighted by Gasteiger charge is -2.24. The van der Waals surface area contributed by atoms with Crippen LogP contribution in [0, 0.1) is 5.41 Å². The molecule has 0 bridgehead atoms. The number of carbonyl (C=O) groups is 1. The zero-order valence-electron chi connectivity index (χ0n) is 11.5. The van der Waals surface area contributed by atoms with Crippen molar-refractivity contribution in [1.82, 2.24) is 0 Å². The predicted octanol–water partition coefficient (Wildman–Crippen LogP) is 2.57. The van der Waals surface area contributed by atoms with Gasteiger partial charge in [0.05, 0.1) is 7.11 Å². The van der Waals surface area contributed by atoms with Gasteiger partial charge in [0.15, 0.2) is 0 Å². The lowest BCUT2D eigenvalue weighted by molar-refractivity contribution is -0.127. The number of rotatable bonds is 7. The Labute approximate surface area is 109 Å². The molecule has 0 aliphatic heterocycles. The van der Waals surface area contributed by atoms with Gasteiger partial charge in [-0.15, -0.1) is 0 Å². The van der Waals surface area contributed by atoms with E-state index >= 15 is 0 Å². The standard InChI is InChI=1S/C15H23NO2/c1-4-15(2,11-16)14(17)10-7-12-5-8-13(18-3)9-6-12/h5-6,8-9H,4,7,10-11,16H2,1-3H3. The third kappa shape index (κ3) is 3.57. The van der Waals surface area contributed by atoms with Crippen LogP contribution in [0.2, 0.25) is 0 Å². The summed E-state index contributed by atoms with van der Waals surface area (Å²) in [6.07, 6.45) is 2.11. The largest absolute Gasteiger partial charge is 0.497 e. The minimum atomic E-state index is -0.369. The Bertz CT molecular complexity index is 380. The zero-order chi connectivity index (χ0) is 13.6. The first-order valence-corrected chi connectivity index (χ1v) is 6.42. The molecule has 1 atom stereocenters. The summed E-state index contributed by atoms with van der Waals surface area (Å²) in [6, 6.07) is 7.83. The van der Waals surface area contributed by atoms with Gasteiger partial charge in [-0.2, -0.15) is 0 Å². The van der Waals surface area contributed by atoms with E-state index in [1.165, 1.54) is 0 Å². The van der Waals surface area contributed by atoms with Gasteiger partial charge in [-0.25, -0.2) is 0 Å². The van der Waals surface area contributed by atoms with Crippen LogP contribution in [0.1, 0.15) is 32.3 Å². The Morgan fingerprint density at radius 3 is 2.39 bits per heavy atom. The van der Waals surface area contributed by atoms with E-state index in [-0.39, 0.29) is 11.2 Å². The van der Waals surface area contributed by atoms with Crippen molar-refractivity contribution in [2.45, 2.75) is 33.1 Å². The molecule has 1 aromatic carbocycles. The fourth-order valence-electron chi connectivity index (χ4n) is 1.81. The third-order valence-electron chi connectivity index (χ3n) is 3.70. The van der Waals surface area contributed by atoms with E-state index in [9.17, 15) is 4.79 Å². The van der Waals surface area contributed by atoms with E-state index in [1.807, 2.05) is 38.1 Å². The third-order valence-corrected chi connectivity index (χ3v) is 3.70. The summed E-state index contributed by atoms with van der Waals surface area (Å²) in [5.41, 5.74) is 6.47. The van der Waals surface area contributed by atoms with Gasteiger partial charge >= 0.3 is 0 Å². The van der Waals surface area contributed by atoms with Crippen molar-refractivity contribution in [3.63, 3.8) is 0 Å². The van der Waals surface area contributed by atoms with Gasteiger partial charge < -0.3 is 10.5 Å². The van der Waals surface area contributed by atoms with E-state index in [0.29, 0.717) is 13.0 Å². The van der Waals surface area contributed by atoms with E-state index in [0.717, 1.165) is 24.2 Å². The maximum Gasteiger partial charge on any atom is 0.140 e. The number of methoxy groups -OCH3 is 1. The monoisotopic (exact) mass is 249 g/mol. The van der Waals surface area contributed by atoms with Gasteiger partial charge in [0.2, 0.25) is 0 Å². The highest BCUT2D eigenvalue weighted by molar-refractivity contribution is 5.84. The van der Waals surface area contributed by atoms with Crippen molar-refractivity contribution in [1.29, 1.82) is 0 Å². The van der Waals surface area contributed by atoms with Crippen LogP contribution in [-0.2, 0) is 11.2 Å². The van der Waals surface area contributed by atoms with Crippen molar-refractivity contribution < 1.29 is 9.53 Å². The van der Waals surface area contributed by atoms with Gasteiger partial charge in [-0.1, -0.05) is 26.0 Å². The predicted molar refractivity (Wildman–Crippen MR) is 73.8 cm³/mol. The first-order valence-electron chi connectivity index (χ1n) is 6.42. The summed E-state index contributed by atoms with van der Waals surface area (Å²) in [4.78, 5) is 12.1. The number of hydrogen-bond acceptors (Lipinski definition) is 3. The van der Waals surface area contributed by atoms with E-state index < -0.39 is 0 Å². The molecule has 0 saturated carbocycles. The Morgan fingerprint density at radius 2 is 1.94 bits per heavy atom. The summed E-state index contributed by atoms with van der Waals surface area (Å²) in [7, 11) is 1.65. The van der Waals surface area contributed by atoms with Crippen LogP contribution < -0.4 is 10.5 Å². The molecule has 0 amide bonds. The summed E-state index contributed by atoms with van der Waals surface area (Å²) >= 11 is 0. The molecule has 0 radical (unpaired) electrons. The minimum absolute atomic E-state index is 0.253. The van der Waals surface area contributed by atoms with E-state index in [1.54, 1.807) is 7.11 Å². The van der Waals surface area contributed by atoms with Crippen LogP contribution in [0.15, 0.2) is 24.3 Å². The second kappa shape index (κ2) is 6.55. The molecule has 1 rings (SSSR count). The highest BCUT2D eigenvalue weighted by Gasteiger charge is 2.28. The van der Waals surface area contributed by atoms with Crippen LogP contribution in [0.25, 0.3) is 0 Å². The zero-order valence-corrected chi connectivity index (χ0v) is 11.5. The average molecular weight is 249 g/mol. The SMILES string of the molecule is CCC(C)(CN)C(=O)CCc1ccc(OC)cc1. The molecular formula is C15H23NO2. The molecule has 1 aromatic rings. The fraction of sp³-hybridized carbons (Fsp3) is 0.533. The Morgan fingerprint density at radius 1 is 1.33 bits per heavy atom. The molecular weight excluding hydrogens is 226 g/mol. The summed E-state index contributed by atoms with van der Waals surface area (Å²) in [5, 5.41) is 0. The molecule has 0 aromatic heterocycles. The van der Waals surface area contributed by atoms with Crippen LogP contribution in [0.4, 0.5) is 0 Å². The van der Waals surface area contributed by atoms with Gasteiger partial charge in [0.25, 0.3) is 0 Å². The Balaban J connectivity index is 2.56. The van der Waals surface area contributed by atoms with Crippen molar-refractivity contribution in [3.05, 3.63) is 29.8 Å². The average Bonchev–Trinajstić information content (AvgIpc) is 2.44. The highest BCUT2D eigenvalue weighted by Crippen LogP contribution is 2.23. The molecule has 0 saturated heterocycles. The Kier molecular flexibility index (Phi) is 5.35. The van der Waals surface area contributed by atoms with E-state index in [4.69, 9.17) is 10.5 Å². The van der Waals surface area contributed by atoms with Crippen molar-refractivity contribution >= 4 is 5.78 Å². The first-order chi connectivity index (χ1) is 8.55. The number of aryl methyl sites for hydroxylation is 1. The molecule has 1 unspecified atom stereocenters. The van der Waals surface area contributed by atoms with Gasteiger partial charge in [-0.05, 0) is 30.5 Å². The molecule has 2 N–H and O–H groups in total. The lowest BCUT2D eigenvalue weighted by Crippen LogP contribution is -2.35. The number of carbonyl (C=O) groups excluding carboxylic acids is 1. The van der Waals surface area contributed by atoms with Crippen molar-refractivity contribution in [3.8, 4) is 5.75 Å². The molecule has 0 aliphatic carbocycles. The molecule has 3 heteroatoms. The molecule has 0 spiro atoms. The lowest BCUT2D eigenvalue weighted by atomic mass is 9.81. The van der Waals surface area contributed by atoms with E-state index in [2.05, 4.69) is 0 Å². The van der Waals surface area contributed by atoms with Crippen LogP contribution in [0.3, 0.4) is 0 Å². The molecule has 18 heavy (non-hydrogen) atoms. The minimum Gasteiger partial charge on any atom is -0.497 e. The van der Waals surface area contributed by atoms with Gasteiger partial charge in [0, 0.05) is 18.4 Å². The molecule has 3 nitrogen and oxygen atoms in total. The number of benzene rings is 1. The number of ketones is 1. The summed E-state index contributed by atoms with van der Waals surface area (Å²) in [5.74, 6) is 1.09. The Hall–Kier alpha value is -1.35. The van der Waals surface area contributed by atoms with Crippen LogP contribution >= 0.6 is 0 Å². The van der Waals surface area contributed by atoms with Crippen molar-refractivity contribution in [2.75, 3.05) is 13.7 Å². The second-order valence-corrected chi connectivity index (χ2v) is 4.89. The van der Waals surface area contributed by atoms with Gasteiger partial charge in [0.1, 0.15) is 11.5 Å². The normalized spacial score (nSPS) is 14.0. The van der Waals surface area contributed by atoms with Crippen molar-refractivity contribution in [2.24, 2.45) is 11.1 Å². The quantitative estimate of drug-likeness (QED) is 0.808. The molecule has 100 valence electrons. The highest BCUT2D eigenvalue weighted by atomic mass is 16.5. The first kappa shape index (κ1) is 14.7. The fourth-order valence-corrected chi connectivity index (χ4v) is 1.81. The molecule has 0 fully saturated rings. The molecule has 0 aliphatic rings. The number of nitrogens with two attached hydrogens (primary N) is 1. The maximum atomic E-state index is 12.1.